The predicted molar refractivity (Wildman–Crippen MR) is 71.3 cm³/mol. The lowest BCUT2D eigenvalue weighted by molar-refractivity contribution is -0.114. The van der Waals surface area contributed by atoms with Crippen LogP contribution in [0.5, 0.6) is 5.88 Å². The van der Waals surface area contributed by atoms with Crippen LogP contribution in [0.1, 0.15) is 6.42 Å². The Morgan fingerprint density at radius 3 is 2.95 bits per heavy atom. The minimum atomic E-state index is -0.380. The van der Waals surface area contributed by atoms with Crippen molar-refractivity contribution < 1.29 is 9.90 Å². The number of amides is 1. The van der Waals surface area contributed by atoms with Crippen LogP contribution in [0.25, 0.3) is 10.9 Å². The molecule has 0 bridgehead atoms. The molecule has 1 aromatic heterocycles. The summed E-state index contributed by atoms with van der Waals surface area (Å²) in [5.41, 5.74) is 1.64. The van der Waals surface area contributed by atoms with E-state index in [9.17, 15) is 9.90 Å². The number of H-pyrrole nitrogens is 1. The summed E-state index contributed by atoms with van der Waals surface area (Å²) in [7, 11) is 0. The number of rotatable bonds is 2. The summed E-state index contributed by atoms with van der Waals surface area (Å²) in [5.74, 6) is -0.467. The summed E-state index contributed by atoms with van der Waals surface area (Å²) < 4.78 is 0. The first-order chi connectivity index (χ1) is 9.25. The third-order valence-corrected chi connectivity index (χ3v) is 2.95. The number of hydrogen-bond donors (Lipinski definition) is 2. The third-order valence-electron chi connectivity index (χ3n) is 2.95. The molecule has 0 fully saturated rings. The average Bonchev–Trinajstić information content (AvgIpc) is 3.03. The molecule has 0 unspecified atom stereocenters. The fourth-order valence-electron chi connectivity index (χ4n) is 1.98. The molecule has 0 saturated heterocycles. The van der Waals surface area contributed by atoms with Gasteiger partial charge in [0.25, 0.3) is 5.91 Å². The van der Waals surface area contributed by atoms with Crippen LogP contribution in [0.2, 0.25) is 0 Å². The standard InChI is InChI=1S/C14H11N3O2/c18-13(9-5-1-2-6-9)17-16-12-10-7-3-4-8-11(10)15-14(12)19/h1-5,7-8,15,19H,6H2. The number of nitrogens with one attached hydrogen (secondary N) is 1. The van der Waals surface area contributed by atoms with E-state index in [1.165, 1.54) is 0 Å². The molecule has 0 saturated carbocycles. The highest BCUT2D eigenvalue weighted by molar-refractivity contribution is 5.97. The number of aromatic nitrogens is 1. The van der Waals surface area contributed by atoms with E-state index >= 15 is 0 Å². The van der Waals surface area contributed by atoms with E-state index in [4.69, 9.17) is 0 Å². The largest absolute Gasteiger partial charge is 0.493 e. The summed E-state index contributed by atoms with van der Waals surface area (Å²) in [6.45, 7) is 0. The van der Waals surface area contributed by atoms with E-state index in [0.717, 1.165) is 10.9 Å². The number of aromatic amines is 1. The summed E-state index contributed by atoms with van der Waals surface area (Å²) in [5, 5.41) is 18.0. The second-order valence-corrected chi connectivity index (χ2v) is 4.20. The van der Waals surface area contributed by atoms with Gasteiger partial charge in [0.1, 0.15) is 0 Å². The molecule has 1 aliphatic rings. The van der Waals surface area contributed by atoms with Crippen LogP contribution in [-0.2, 0) is 4.79 Å². The molecule has 0 aliphatic heterocycles. The van der Waals surface area contributed by atoms with Gasteiger partial charge in [-0.1, -0.05) is 36.4 Å². The number of carbonyl (C=O) groups is 1. The first kappa shape index (κ1) is 11.4. The van der Waals surface area contributed by atoms with Gasteiger partial charge in [-0.15, -0.1) is 10.2 Å². The minimum absolute atomic E-state index is 0.0868. The third kappa shape index (κ3) is 2.06. The Morgan fingerprint density at radius 2 is 2.16 bits per heavy atom. The van der Waals surface area contributed by atoms with Gasteiger partial charge in [-0.2, -0.15) is 0 Å². The Labute approximate surface area is 109 Å². The van der Waals surface area contributed by atoms with E-state index in [0.29, 0.717) is 12.0 Å². The summed E-state index contributed by atoms with van der Waals surface area (Å²) in [6.07, 6.45) is 5.99. The topological polar surface area (TPSA) is 77.8 Å². The van der Waals surface area contributed by atoms with Gasteiger partial charge in [0, 0.05) is 11.0 Å². The van der Waals surface area contributed by atoms with Gasteiger partial charge in [0.05, 0.1) is 5.52 Å². The van der Waals surface area contributed by atoms with Gasteiger partial charge in [-0.3, -0.25) is 4.79 Å². The van der Waals surface area contributed by atoms with Crippen molar-refractivity contribution in [3.05, 3.63) is 48.1 Å². The first-order valence-electron chi connectivity index (χ1n) is 5.87. The van der Waals surface area contributed by atoms with E-state index < -0.39 is 0 Å². The smallest absolute Gasteiger partial charge is 0.291 e. The number of aromatic hydroxyl groups is 1. The van der Waals surface area contributed by atoms with E-state index in [2.05, 4.69) is 15.2 Å². The van der Waals surface area contributed by atoms with Crippen molar-refractivity contribution in [2.75, 3.05) is 0 Å². The second-order valence-electron chi connectivity index (χ2n) is 4.20. The molecule has 5 heteroatoms. The van der Waals surface area contributed by atoms with Crippen molar-refractivity contribution in [1.29, 1.82) is 0 Å². The fraction of sp³-hybridized carbons (Fsp3) is 0.0714. The monoisotopic (exact) mass is 253 g/mol. The fourth-order valence-corrected chi connectivity index (χ4v) is 1.98. The van der Waals surface area contributed by atoms with E-state index in [1.54, 1.807) is 12.1 Å². The lowest BCUT2D eigenvalue weighted by Crippen LogP contribution is -1.94. The minimum Gasteiger partial charge on any atom is -0.493 e. The molecule has 0 radical (unpaired) electrons. The molecular weight excluding hydrogens is 242 g/mol. The second kappa shape index (κ2) is 4.53. The number of hydrogen-bond acceptors (Lipinski definition) is 3. The SMILES string of the molecule is O=C(N=Nc1c(O)[nH]c2ccccc12)C1=CC=CC1. The van der Waals surface area contributed by atoms with Crippen LogP contribution < -0.4 is 0 Å². The number of nitrogens with zero attached hydrogens (tertiary/aromatic N) is 2. The van der Waals surface area contributed by atoms with E-state index in [-0.39, 0.29) is 17.5 Å². The van der Waals surface area contributed by atoms with Gasteiger partial charge < -0.3 is 10.1 Å². The van der Waals surface area contributed by atoms with Crippen LogP contribution in [0.3, 0.4) is 0 Å². The molecule has 5 nitrogen and oxygen atoms in total. The van der Waals surface area contributed by atoms with Gasteiger partial charge in [-0.05, 0) is 12.5 Å². The Hall–Kier alpha value is -2.69. The normalized spacial score (nSPS) is 14.4. The highest BCUT2D eigenvalue weighted by Gasteiger charge is 2.12. The van der Waals surface area contributed by atoms with Gasteiger partial charge in [0.15, 0.2) is 5.69 Å². The predicted octanol–water partition coefficient (Wildman–Crippen LogP) is 3.37. The molecule has 2 N–H and O–H groups in total. The Balaban J connectivity index is 1.93. The van der Waals surface area contributed by atoms with Crippen LogP contribution in [0.15, 0.2) is 58.3 Å². The Bertz CT molecular complexity index is 738. The first-order valence-corrected chi connectivity index (χ1v) is 5.87. The summed E-state index contributed by atoms with van der Waals surface area (Å²) in [6, 6.07) is 7.30. The molecule has 0 atom stereocenters. The molecule has 94 valence electrons. The molecule has 1 heterocycles. The molecule has 19 heavy (non-hydrogen) atoms. The van der Waals surface area contributed by atoms with Crippen LogP contribution in [0, 0.1) is 0 Å². The van der Waals surface area contributed by atoms with Crippen molar-refractivity contribution in [2.24, 2.45) is 10.2 Å². The number of fused-ring (bicyclic) bond motifs is 1. The number of carbonyl (C=O) groups excluding carboxylic acids is 1. The number of benzene rings is 1. The molecule has 3 rings (SSSR count). The van der Waals surface area contributed by atoms with Crippen molar-refractivity contribution in [2.45, 2.75) is 6.42 Å². The van der Waals surface area contributed by atoms with Crippen molar-refractivity contribution >= 4 is 22.5 Å². The van der Waals surface area contributed by atoms with Gasteiger partial charge in [-0.25, -0.2) is 0 Å². The zero-order chi connectivity index (χ0) is 13.2. The molecular formula is C14H11N3O2. The van der Waals surface area contributed by atoms with E-state index in [1.807, 2.05) is 30.4 Å². The number of allylic oxidation sites excluding steroid dienone is 3. The molecule has 1 amide bonds. The highest BCUT2D eigenvalue weighted by atomic mass is 16.3. The Kier molecular flexibility index (Phi) is 2.72. The van der Waals surface area contributed by atoms with Crippen LogP contribution >= 0.6 is 0 Å². The van der Waals surface area contributed by atoms with Crippen molar-refractivity contribution in [3.8, 4) is 5.88 Å². The molecule has 2 aromatic rings. The average molecular weight is 253 g/mol. The Morgan fingerprint density at radius 1 is 1.32 bits per heavy atom. The lowest BCUT2D eigenvalue weighted by Gasteiger charge is -1.93. The maximum atomic E-state index is 11.7. The summed E-state index contributed by atoms with van der Waals surface area (Å²) >= 11 is 0. The maximum Gasteiger partial charge on any atom is 0.291 e. The quantitative estimate of drug-likeness (QED) is 0.805. The maximum absolute atomic E-state index is 11.7. The van der Waals surface area contributed by atoms with Gasteiger partial charge >= 0.3 is 0 Å². The summed E-state index contributed by atoms with van der Waals surface area (Å²) in [4.78, 5) is 14.5. The number of azo groups is 1. The molecule has 1 aliphatic carbocycles. The zero-order valence-electron chi connectivity index (χ0n) is 10.00. The van der Waals surface area contributed by atoms with Crippen LogP contribution in [-0.4, -0.2) is 16.0 Å². The van der Waals surface area contributed by atoms with Crippen molar-refractivity contribution in [1.82, 2.24) is 4.98 Å². The zero-order valence-corrected chi connectivity index (χ0v) is 10.00. The highest BCUT2D eigenvalue weighted by Crippen LogP contribution is 2.35. The molecule has 0 spiro atoms. The lowest BCUT2D eigenvalue weighted by atomic mass is 10.2. The van der Waals surface area contributed by atoms with Crippen molar-refractivity contribution in [3.63, 3.8) is 0 Å². The van der Waals surface area contributed by atoms with Gasteiger partial charge in [0.2, 0.25) is 5.88 Å². The molecule has 1 aromatic carbocycles. The van der Waals surface area contributed by atoms with Crippen LogP contribution in [0.4, 0.5) is 5.69 Å². The number of para-hydroxylation sites is 1.